The molecule has 0 bridgehead atoms. The van der Waals surface area contributed by atoms with Crippen LogP contribution in [0.5, 0.6) is 0 Å². The Morgan fingerprint density at radius 3 is 2.50 bits per heavy atom. The third-order valence-electron chi connectivity index (χ3n) is 4.02. The fourth-order valence-electron chi connectivity index (χ4n) is 2.66. The van der Waals surface area contributed by atoms with Gasteiger partial charge in [-0.1, -0.05) is 25.5 Å². The molecule has 0 radical (unpaired) electrons. The predicted octanol–water partition coefficient (Wildman–Crippen LogP) is 3.93. The lowest BCUT2D eigenvalue weighted by atomic mass is 9.99. The predicted molar refractivity (Wildman–Crippen MR) is 74.1 cm³/mol. The Hall–Kier alpha value is -0.890. The number of rotatable bonds is 7. The van der Waals surface area contributed by atoms with E-state index in [-0.39, 0.29) is 5.82 Å². The molecule has 1 nitrogen and oxygen atoms in total. The summed E-state index contributed by atoms with van der Waals surface area (Å²) in [6.45, 7) is 5.62. The van der Waals surface area contributed by atoms with E-state index in [2.05, 4.69) is 19.2 Å². The van der Waals surface area contributed by atoms with Gasteiger partial charge in [-0.15, -0.1) is 0 Å². The lowest BCUT2D eigenvalue weighted by molar-refractivity contribution is 0.392. The van der Waals surface area contributed by atoms with Gasteiger partial charge in [-0.3, -0.25) is 0 Å². The number of hydrogen-bond acceptors (Lipinski definition) is 1. The molecule has 1 aromatic carbocycles. The number of hydrogen-bond donors (Lipinski definition) is 1. The standard InChI is InChI=1S/C16H24FN/c1-3-8-16(9-10-16)12-18-13(2)11-14-4-6-15(17)7-5-14/h4-7,13,18H,3,8-12H2,1-2H3. The quantitative estimate of drug-likeness (QED) is 0.772. The third kappa shape index (κ3) is 3.81. The van der Waals surface area contributed by atoms with Gasteiger partial charge in [0, 0.05) is 12.6 Å². The molecular weight excluding hydrogens is 225 g/mol. The fraction of sp³-hybridized carbons (Fsp3) is 0.625. The van der Waals surface area contributed by atoms with E-state index in [0.29, 0.717) is 11.5 Å². The van der Waals surface area contributed by atoms with Gasteiger partial charge in [0.15, 0.2) is 0 Å². The second-order valence-electron chi connectivity index (χ2n) is 5.86. The van der Waals surface area contributed by atoms with Gasteiger partial charge in [-0.2, -0.15) is 0 Å². The van der Waals surface area contributed by atoms with E-state index in [4.69, 9.17) is 0 Å². The Morgan fingerprint density at radius 1 is 1.28 bits per heavy atom. The molecule has 0 aliphatic heterocycles. The van der Waals surface area contributed by atoms with E-state index in [1.807, 2.05) is 12.1 Å². The van der Waals surface area contributed by atoms with Gasteiger partial charge in [0.05, 0.1) is 0 Å². The van der Waals surface area contributed by atoms with Crippen molar-refractivity contribution in [2.45, 2.75) is 52.0 Å². The molecule has 0 heterocycles. The molecule has 1 aliphatic carbocycles. The minimum absolute atomic E-state index is 0.153. The zero-order valence-electron chi connectivity index (χ0n) is 11.5. The Morgan fingerprint density at radius 2 is 1.94 bits per heavy atom. The zero-order chi connectivity index (χ0) is 13.0. The number of benzene rings is 1. The van der Waals surface area contributed by atoms with Crippen molar-refractivity contribution in [3.63, 3.8) is 0 Å². The lowest BCUT2D eigenvalue weighted by Gasteiger charge is -2.19. The molecule has 1 aromatic rings. The van der Waals surface area contributed by atoms with E-state index in [9.17, 15) is 4.39 Å². The first-order valence-corrected chi connectivity index (χ1v) is 7.11. The minimum Gasteiger partial charge on any atom is -0.313 e. The molecule has 0 spiro atoms. The first-order chi connectivity index (χ1) is 8.63. The summed E-state index contributed by atoms with van der Waals surface area (Å²) < 4.78 is 12.8. The van der Waals surface area contributed by atoms with E-state index in [0.717, 1.165) is 13.0 Å². The molecule has 1 saturated carbocycles. The maximum Gasteiger partial charge on any atom is 0.123 e. The summed E-state index contributed by atoms with van der Waals surface area (Å²) in [6.07, 6.45) is 6.38. The molecule has 2 heteroatoms. The van der Waals surface area contributed by atoms with Gasteiger partial charge < -0.3 is 5.32 Å². The molecular formula is C16H24FN. The largest absolute Gasteiger partial charge is 0.313 e. The van der Waals surface area contributed by atoms with Gasteiger partial charge in [-0.05, 0) is 55.7 Å². The summed E-state index contributed by atoms with van der Waals surface area (Å²) in [5.41, 5.74) is 1.81. The van der Waals surface area contributed by atoms with E-state index in [1.165, 1.54) is 31.2 Å². The first kappa shape index (κ1) is 13.5. The molecule has 1 aliphatic rings. The summed E-state index contributed by atoms with van der Waals surface area (Å²) in [6, 6.07) is 7.31. The summed E-state index contributed by atoms with van der Waals surface area (Å²) in [5.74, 6) is -0.153. The van der Waals surface area contributed by atoms with Crippen LogP contribution in [-0.2, 0) is 6.42 Å². The van der Waals surface area contributed by atoms with Gasteiger partial charge in [-0.25, -0.2) is 4.39 Å². The molecule has 1 fully saturated rings. The highest BCUT2D eigenvalue weighted by molar-refractivity contribution is 5.17. The maximum absolute atomic E-state index is 12.8. The smallest absolute Gasteiger partial charge is 0.123 e. The van der Waals surface area contributed by atoms with Gasteiger partial charge in [0.1, 0.15) is 5.82 Å². The monoisotopic (exact) mass is 249 g/mol. The second-order valence-corrected chi connectivity index (χ2v) is 5.86. The lowest BCUT2D eigenvalue weighted by Crippen LogP contribution is -2.33. The Kier molecular flexibility index (Phi) is 4.39. The van der Waals surface area contributed by atoms with Gasteiger partial charge in [0.2, 0.25) is 0 Å². The van der Waals surface area contributed by atoms with Crippen molar-refractivity contribution >= 4 is 0 Å². The van der Waals surface area contributed by atoms with Crippen molar-refractivity contribution in [1.29, 1.82) is 0 Å². The highest BCUT2D eigenvalue weighted by Crippen LogP contribution is 2.48. The van der Waals surface area contributed by atoms with Gasteiger partial charge >= 0.3 is 0 Å². The molecule has 0 saturated heterocycles. The van der Waals surface area contributed by atoms with Crippen LogP contribution in [0.25, 0.3) is 0 Å². The van der Waals surface area contributed by atoms with Crippen LogP contribution in [0.2, 0.25) is 0 Å². The van der Waals surface area contributed by atoms with Crippen LogP contribution in [0, 0.1) is 11.2 Å². The van der Waals surface area contributed by atoms with Crippen LogP contribution in [0.4, 0.5) is 4.39 Å². The number of nitrogens with one attached hydrogen (secondary N) is 1. The normalized spacial score (nSPS) is 18.6. The highest BCUT2D eigenvalue weighted by Gasteiger charge is 2.40. The number of halogens is 1. The van der Waals surface area contributed by atoms with Crippen LogP contribution in [0.15, 0.2) is 24.3 Å². The SMILES string of the molecule is CCCC1(CNC(C)Cc2ccc(F)cc2)CC1. The van der Waals surface area contributed by atoms with Crippen molar-refractivity contribution in [1.82, 2.24) is 5.32 Å². The van der Waals surface area contributed by atoms with Crippen molar-refractivity contribution in [3.8, 4) is 0 Å². The van der Waals surface area contributed by atoms with Crippen molar-refractivity contribution in [2.75, 3.05) is 6.54 Å². The molecule has 100 valence electrons. The molecule has 1 unspecified atom stereocenters. The summed E-state index contributed by atoms with van der Waals surface area (Å²) in [4.78, 5) is 0. The summed E-state index contributed by atoms with van der Waals surface area (Å²) in [5, 5.41) is 3.64. The molecule has 0 amide bonds. The average molecular weight is 249 g/mol. The molecule has 1 N–H and O–H groups in total. The van der Waals surface area contributed by atoms with Crippen LogP contribution in [0.1, 0.15) is 45.1 Å². The van der Waals surface area contributed by atoms with Crippen LogP contribution in [-0.4, -0.2) is 12.6 Å². The van der Waals surface area contributed by atoms with E-state index >= 15 is 0 Å². The van der Waals surface area contributed by atoms with Crippen LogP contribution in [0.3, 0.4) is 0 Å². The molecule has 1 atom stereocenters. The Labute approximate surface area is 110 Å². The van der Waals surface area contributed by atoms with Crippen molar-refractivity contribution < 1.29 is 4.39 Å². The maximum atomic E-state index is 12.8. The van der Waals surface area contributed by atoms with Gasteiger partial charge in [0.25, 0.3) is 0 Å². The second kappa shape index (κ2) is 5.83. The zero-order valence-corrected chi connectivity index (χ0v) is 11.5. The van der Waals surface area contributed by atoms with E-state index in [1.54, 1.807) is 12.1 Å². The first-order valence-electron chi connectivity index (χ1n) is 7.11. The molecule has 18 heavy (non-hydrogen) atoms. The molecule has 2 rings (SSSR count). The third-order valence-corrected chi connectivity index (χ3v) is 4.02. The highest BCUT2D eigenvalue weighted by atomic mass is 19.1. The topological polar surface area (TPSA) is 12.0 Å². The van der Waals surface area contributed by atoms with E-state index < -0.39 is 0 Å². The fourth-order valence-corrected chi connectivity index (χ4v) is 2.66. The molecule has 0 aromatic heterocycles. The van der Waals surface area contributed by atoms with Crippen LogP contribution >= 0.6 is 0 Å². The van der Waals surface area contributed by atoms with Crippen LogP contribution < -0.4 is 5.32 Å². The summed E-state index contributed by atoms with van der Waals surface area (Å²) >= 11 is 0. The average Bonchev–Trinajstić information content (AvgIpc) is 3.11. The van der Waals surface area contributed by atoms with Crippen molar-refractivity contribution in [2.24, 2.45) is 5.41 Å². The Bertz CT molecular complexity index is 367. The minimum atomic E-state index is -0.153. The van der Waals surface area contributed by atoms with Crippen molar-refractivity contribution in [3.05, 3.63) is 35.6 Å². The Balaban J connectivity index is 1.75. The summed E-state index contributed by atoms with van der Waals surface area (Å²) in [7, 11) is 0.